The van der Waals surface area contributed by atoms with Gasteiger partial charge in [0.05, 0.1) is 6.61 Å². The van der Waals surface area contributed by atoms with E-state index in [9.17, 15) is 0 Å². The predicted molar refractivity (Wildman–Crippen MR) is 88.5 cm³/mol. The fraction of sp³-hybridized carbons (Fsp3) is 0.625. The zero-order valence-electron chi connectivity index (χ0n) is 12.8. The first-order valence-electron chi connectivity index (χ1n) is 7.38. The minimum absolute atomic E-state index is 0.396. The van der Waals surface area contributed by atoms with Gasteiger partial charge in [-0.1, -0.05) is 13.8 Å². The molecule has 2 N–H and O–H groups in total. The second kappa shape index (κ2) is 6.72. The second-order valence-electron chi connectivity index (χ2n) is 5.93. The van der Waals surface area contributed by atoms with Gasteiger partial charge in [-0.2, -0.15) is 11.8 Å². The van der Waals surface area contributed by atoms with Crippen LogP contribution in [0.2, 0.25) is 0 Å². The molecule has 0 atom stereocenters. The quantitative estimate of drug-likeness (QED) is 0.864. The summed E-state index contributed by atoms with van der Waals surface area (Å²) in [6.07, 6.45) is 1.23. The number of rotatable bonds is 4. The van der Waals surface area contributed by atoms with Gasteiger partial charge in [0.2, 0.25) is 0 Å². The van der Waals surface area contributed by atoms with Crippen molar-refractivity contribution >= 4 is 17.4 Å². The minimum Gasteiger partial charge on any atom is -0.494 e. The van der Waals surface area contributed by atoms with Crippen molar-refractivity contribution in [3.8, 4) is 5.75 Å². The summed E-state index contributed by atoms with van der Waals surface area (Å²) in [4.78, 5) is 2.51. The van der Waals surface area contributed by atoms with Crippen LogP contribution >= 0.6 is 11.8 Å². The Balaban J connectivity index is 2.07. The van der Waals surface area contributed by atoms with E-state index in [0.717, 1.165) is 31.1 Å². The van der Waals surface area contributed by atoms with Gasteiger partial charge in [-0.05, 0) is 38.1 Å². The highest BCUT2D eigenvalue weighted by atomic mass is 32.2. The Hall–Kier alpha value is -0.870. The fourth-order valence-electron chi connectivity index (χ4n) is 2.48. The second-order valence-corrected chi connectivity index (χ2v) is 7.74. The average Bonchev–Trinajstić information content (AvgIpc) is 2.55. The van der Waals surface area contributed by atoms with E-state index in [1.54, 1.807) is 0 Å². The standard InChI is InChI=1S/C16H26N2OS/c1-4-19-15-6-5-14(17)11-13(15)12-18-8-7-16(2,3)20-10-9-18/h5-6,11H,4,7-10,12,17H2,1-3H3. The van der Waals surface area contributed by atoms with Crippen LogP contribution in [0.4, 0.5) is 5.69 Å². The largest absolute Gasteiger partial charge is 0.494 e. The van der Waals surface area contributed by atoms with E-state index in [-0.39, 0.29) is 0 Å². The molecule has 1 heterocycles. The lowest BCUT2D eigenvalue weighted by molar-refractivity contribution is 0.267. The first-order valence-corrected chi connectivity index (χ1v) is 8.36. The number of nitrogens with zero attached hydrogens (tertiary/aromatic N) is 1. The Kier molecular flexibility index (Phi) is 5.22. The Morgan fingerprint density at radius 2 is 2.15 bits per heavy atom. The number of anilines is 1. The van der Waals surface area contributed by atoms with Gasteiger partial charge in [0.25, 0.3) is 0 Å². The summed E-state index contributed by atoms with van der Waals surface area (Å²) >= 11 is 2.08. The molecule has 1 aliphatic heterocycles. The first kappa shape index (κ1) is 15.5. The summed E-state index contributed by atoms with van der Waals surface area (Å²) in [6.45, 7) is 10.6. The lowest BCUT2D eigenvalue weighted by Gasteiger charge is -2.23. The molecular formula is C16H26N2OS. The van der Waals surface area contributed by atoms with Gasteiger partial charge in [0.1, 0.15) is 5.75 Å². The van der Waals surface area contributed by atoms with Crippen LogP contribution in [-0.4, -0.2) is 35.1 Å². The Morgan fingerprint density at radius 1 is 1.35 bits per heavy atom. The summed E-state index contributed by atoms with van der Waals surface area (Å²) in [6, 6.07) is 5.95. The number of nitrogen functional groups attached to an aromatic ring is 1. The van der Waals surface area contributed by atoms with Crippen molar-refractivity contribution in [2.75, 3.05) is 31.2 Å². The van der Waals surface area contributed by atoms with E-state index in [4.69, 9.17) is 10.5 Å². The molecule has 0 spiro atoms. The van der Waals surface area contributed by atoms with Crippen LogP contribution in [0.25, 0.3) is 0 Å². The van der Waals surface area contributed by atoms with Crippen molar-refractivity contribution in [3.63, 3.8) is 0 Å². The fourth-order valence-corrected chi connectivity index (χ4v) is 3.62. The van der Waals surface area contributed by atoms with Crippen molar-refractivity contribution in [1.29, 1.82) is 0 Å². The summed E-state index contributed by atoms with van der Waals surface area (Å²) < 4.78 is 6.11. The molecule has 1 aromatic carbocycles. The predicted octanol–water partition coefficient (Wildman–Crippen LogP) is 3.39. The van der Waals surface area contributed by atoms with Gasteiger partial charge in [-0.3, -0.25) is 4.90 Å². The zero-order chi connectivity index (χ0) is 14.6. The van der Waals surface area contributed by atoms with Crippen molar-refractivity contribution in [2.24, 2.45) is 0 Å². The van der Waals surface area contributed by atoms with Crippen LogP contribution in [-0.2, 0) is 6.54 Å². The molecule has 0 unspecified atom stereocenters. The minimum atomic E-state index is 0.396. The van der Waals surface area contributed by atoms with E-state index in [1.807, 2.05) is 25.1 Å². The Bertz CT molecular complexity index is 448. The maximum Gasteiger partial charge on any atom is 0.123 e. The van der Waals surface area contributed by atoms with Gasteiger partial charge >= 0.3 is 0 Å². The molecule has 0 saturated carbocycles. The number of thioether (sulfide) groups is 1. The van der Waals surface area contributed by atoms with Gasteiger partial charge in [0, 0.05) is 34.8 Å². The molecule has 1 fully saturated rings. The van der Waals surface area contributed by atoms with Crippen molar-refractivity contribution < 1.29 is 4.74 Å². The third kappa shape index (κ3) is 4.32. The maximum absolute atomic E-state index is 5.92. The van der Waals surface area contributed by atoms with Crippen LogP contribution in [0.15, 0.2) is 18.2 Å². The van der Waals surface area contributed by atoms with Gasteiger partial charge < -0.3 is 10.5 Å². The van der Waals surface area contributed by atoms with Crippen LogP contribution in [0.5, 0.6) is 5.75 Å². The molecule has 1 aromatic rings. The third-order valence-corrected chi connectivity index (χ3v) is 5.08. The molecule has 20 heavy (non-hydrogen) atoms. The molecule has 4 heteroatoms. The molecule has 1 aliphatic rings. The van der Waals surface area contributed by atoms with E-state index in [0.29, 0.717) is 11.4 Å². The number of ether oxygens (including phenoxy) is 1. The van der Waals surface area contributed by atoms with Crippen LogP contribution < -0.4 is 10.5 Å². The Morgan fingerprint density at radius 3 is 2.90 bits per heavy atom. The number of hydrogen-bond acceptors (Lipinski definition) is 4. The van der Waals surface area contributed by atoms with Crippen LogP contribution in [0, 0.1) is 0 Å². The van der Waals surface area contributed by atoms with Crippen LogP contribution in [0.1, 0.15) is 32.8 Å². The molecule has 112 valence electrons. The van der Waals surface area contributed by atoms with Crippen molar-refractivity contribution in [3.05, 3.63) is 23.8 Å². The maximum atomic E-state index is 5.92. The molecule has 0 aromatic heterocycles. The molecule has 0 radical (unpaired) electrons. The monoisotopic (exact) mass is 294 g/mol. The molecule has 0 aliphatic carbocycles. The van der Waals surface area contributed by atoms with Gasteiger partial charge in [-0.15, -0.1) is 0 Å². The molecular weight excluding hydrogens is 268 g/mol. The topological polar surface area (TPSA) is 38.5 Å². The van der Waals surface area contributed by atoms with Gasteiger partial charge in [0.15, 0.2) is 0 Å². The molecule has 2 rings (SSSR count). The summed E-state index contributed by atoms with van der Waals surface area (Å²) in [5, 5.41) is 0. The van der Waals surface area contributed by atoms with E-state index in [2.05, 4.69) is 30.5 Å². The van der Waals surface area contributed by atoms with Crippen molar-refractivity contribution in [2.45, 2.75) is 38.5 Å². The highest BCUT2D eigenvalue weighted by Crippen LogP contribution is 2.32. The summed E-state index contributed by atoms with van der Waals surface area (Å²) in [5.74, 6) is 2.16. The SMILES string of the molecule is CCOc1ccc(N)cc1CN1CCSC(C)(C)CC1. The number of hydrogen-bond donors (Lipinski definition) is 1. The highest BCUT2D eigenvalue weighted by molar-refractivity contribution is 8.00. The van der Waals surface area contributed by atoms with E-state index in [1.165, 1.54) is 17.7 Å². The number of benzene rings is 1. The average molecular weight is 294 g/mol. The Labute approximate surface area is 126 Å². The normalized spacial score (nSPS) is 19.6. The zero-order valence-corrected chi connectivity index (χ0v) is 13.6. The lowest BCUT2D eigenvalue weighted by Crippen LogP contribution is -2.27. The third-order valence-electron chi connectivity index (χ3n) is 3.71. The van der Waals surface area contributed by atoms with E-state index < -0.39 is 0 Å². The smallest absolute Gasteiger partial charge is 0.123 e. The highest BCUT2D eigenvalue weighted by Gasteiger charge is 2.24. The number of nitrogens with two attached hydrogens (primary N) is 1. The van der Waals surface area contributed by atoms with E-state index >= 15 is 0 Å². The molecule has 3 nitrogen and oxygen atoms in total. The summed E-state index contributed by atoms with van der Waals surface area (Å²) in [5.41, 5.74) is 7.94. The first-order chi connectivity index (χ1) is 9.50. The molecule has 0 bridgehead atoms. The van der Waals surface area contributed by atoms with Crippen LogP contribution in [0.3, 0.4) is 0 Å². The molecule has 1 saturated heterocycles. The lowest BCUT2D eigenvalue weighted by atomic mass is 10.1. The molecule has 0 amide bonds. The van der Waals surface area contributed by atoms with Crippen molar-refractivity contribution in [1.82, 2.24) is 4.90 Å². The van der Waals surface area contributed by atoms with Gasteiger partial charge in [-0.25, -0.2) is 0 Å². The summed E-state index contributed by atoms with van der Waals surface area (Å²) in [7, 11) is 0.